The molecule has 0 spiro atoms. The number of aromatic nitrogens is 3. The van der Waals surface area contributed by atoms with E-state index in [2.05, 4.69) is 26.8 Å². The Labute approximate surface area is 212 Å². The minimum atomic E-state index is -0.155. The van der Waals surface area contributed by atoms with Crippen LogP contribution in [0, 0.1) is 0 Å². The molecule has 1 fully saturated rings. The van der Waals surface area contributed by atoms with Gasteiger partial charge in [0.2, 0.25) is 5.91 Å². The van der Waals surface area contributed by atoms with Crippen LogP contribution in [-0.2, 0) is 4.79 Å². The molecule has 5 rings (SSSR count). The molecule has 184 valence electrons. The molecule has 2 aromatic carbocycles. The molecule has 1 atom stereocenters. The molecule has 1 saturated heterocycles. The Balaban J connectivity index is 1.48. The molecular formula is C26H25N5O4S. The van der Waals surface area contributed by atoms with Gasteiger partial charge in [-0.2, -0.15) is 0 Å². The average Bonchev–Trinajstić information content (AvgIpc) is 3.61. The van der Waals surface area contributed by atoms with Crippen LogP contribution >= 0.6 is 11.3 Å². The van der Waals surface area contributed by atoms with Crippen LogP contribution in [0.2, 0.25) is 0 Å². The van der Waals surface area contributed by atoms with Crippen LogP contribution in [0.3, 0.4) is 0 Å². The first-order valence-corrected chi connectivity index (χ1v) is 12.2. The number of thiazole rings is 1. The zero-order valence-corrected chi connectivity index (χ0v) is 20.7. The quantitative estimate of drug-likeness (QED) is 0.346. The molecule has 1 aliphatic rings. The number of methoxy groups -OCH3 is 2. The standard InChI is InChI=1S/C26H25N5O4S/c1-4-25(32)31-8-7-17(13-31)35-23-10-18-19(11-22(23)34-3)28-14-29-26(18)30-20-9-16(5-6-21(20)33-2)24-12-27-15-36-24/h4-6,9-12,14-15,17H,1,7-8,13H2,2-3H3,(H,28,29,30). The maximum Gasteiger partial charge on any atom is 0.246 e. The predicted molar refractivity (Wildman–Crippen MR) is 139 cm³/mol. The summed E-state index contributed by atoms with van der Waals surface area (Å²) in [6.45, 7) is 4.68. The summed E-state index contributed by atoms with van der Waals surface area (Å²) in [6, 6.07) is 9.60. The summed E-state index contributed by atoms with van der Waals surface area (Å²) >= 11 is 1.57. The number of amides is 1. The summed E-state index contributed by atoms with van der Waals surface area (Å²) in [6.07, 6.45) is 5.22. The molecule has 0 bridgehead atoms. The Morgan fingerprint density at radius 3 is 2.78 bits per heavy atom. The van der Waals surface area contributed by atoms with Gasteiger partial charge in [-0.05, 0) is 35.9 Å². The van der Waals surface area contributed by atoms with Gasteiger partial charge >= 0.3 is 0 Å². The lowest BCUT2D eigenvalue weighted by molar-refractivity contribution is -0.125. The molecule has 0 saturated carbocycles. The molecule has 1 amide bonds. The average molecular weight is 504 g/mol. The number of rotatable bonds is 8. The van der Waals surface area contributed by atoms with Crippen molar-refractivity contribution in [2.45, 2.75) is 12.5 Å². The Bertz CT molecular complexity index is 1410. The number of nitrogens with one attached hydrogen (secondary N) is 1. The van der Waals surface area contributed by atoms with Crippen molar-refractivity contribution in [3.8, 4) is 27.7 Å². The van der Waals surface area contributed by atoms with Crippen molar-refractivity contribution in [3.63, 3.8) is 0 Å². The summed E-state index contributed by atoms with van der Waals surface area (Å²) < 4.78 is 17.5. The van der Waals surface area contributed by atoms with Gasteiger partial charge < -0.3 is 24.4 Å². The van der Waals surface area contributed by atoms with Crippen LogP contribution in [-0.4, -0.2) is 59.2 Å². The smallest absolute Gasteiger partial charge is 0.246 e. The number of likely N-dealkylation sites (tertiary alicyclic amines) is 1. The first-order chi connectivity index (χ1) is 17.6. The number of fused-ring (bicyclic) bond motifs is 1. The number of nitrogens with zero attached hydrogens (tertiary/aromatic N) is 4. The van der Waals surface area contributed by atoms with Crippen molar-refractivity contribution in [2.24, 2.45) is 0 Å². The molecule has 10 heteroatoms. The van der Waals surface area contributed by atoms with Crippen LogP contribution in [0.1, 0.15) is 6.42 Å². The predicted octanol–water partition coefficient (Wildman–Crippen LogP) is 4.68. The third-order valence-electron chi connectivity index (χ3n) is 6.02. The molecule has 0 aliphatic carbocycles. The normalized spacial score (nSPS) is 15.1. The van der Waals surface area contributed by atoms with Crippen molar-refractivity contribution in [3.05, 3.63) is 61.0 Å². The number of hydrogen-bond donors (Lipinski definition) is 1. The van der Waals surface area contributed by atoms with Gasteiger partial charge in [-0.1, -0.05) is 6.58 Å². The van der Waals surface area contributed by atoms with Gasteiger partial charge in [0.25, 0.3) is 0 Å². The third-order valence-corrected chi connectivity index (χ3v) is 6.84. The molecule has 2 aromatic heterocycles. The minimum absolute atomic E-state index is 0.0963. The lowest BCUT2D eigenvalue weighted by Crippen LogP contribution is -2.29. The highest BCUT2D eigenvalue weighted by molar-refractivity contribution is 7.13. The van der Waals surface area contributed by atoms with E-state index in [0.29, 0.717) is 41.7 Å². The Kier molecular flexibility index (Phi) is 6.68. The topological polar surface area (TPSA) is 98.7 Å². The van der Waals surface area contributed by atoms with Gasteiger partial charge in [-0.15, -0.1) is 11.3 Å². The van der Waals surface area contributed by atoms with Crippen molar-refractivity contribution >= 4 is 39.7 Å². The van der Waals surface area contributed by atoms with Gasteiger partial charge in [0.05, 0.1) is 42.4 Å². The van der Waals surface area contributed by atoms with Crippen LogP contribution in [0.5, 0.6) is 17.2 Å². The molecule has 36 heavy (non-hydrogen) atoms. The lowest BCUT2D eigenvalue weighted by atomic mass is 10.1. The fourth-order valence-electron chi connectivity index (χ4n) is 4.19. The Hall–Kier alpha value is -4.18. The maximum atomic E-state index is 12.0. The molecular weight excluding hydrogens is 478 g/mol. The second-order valence-corrected chi connectivity index (χ2v) is 9.05. The van der Waals surface area contributed by atoms with E-state index in [9.17, 15) is 4.79 Å². The SMILES string of the molecule is C=CC(=O)N1CCC(Oc2cc3c(Nc4cc(-c5cncs5)ccc4OC)ncnc3cc2OC)C1. The zero-order valence-electron chi connectivity index (χ0n) is 19.9. The highest BCUT2D eigenvalue weighted by Gasteiger charge is 2.27. The van der Waals surface area contributed by atoms with E-state index in [-0.39, 0.29) is 12.0 Å². The number of carbonyl (C=O) groups excluding carboxylic acids is 1. The maximum absolute atomic E-state index is 12.0. The second kappa shape index (κ2) is 10.2. The van der Waals surface area contributed by atoms with Gasteiger partial charge in [0, 0.05) is 30.6 Å². The van der Waals surface area contributed by atoms with Gasteiger partial charge in [-0.25, -0.2) is 9.97 Å². The Morgan fingerprint density at radius 2 is 2.03 bits per heavy atom. The summed E-state index contributed by atoms with van der Waals surface area (Å²) in [5.41, 5.74) is 4.28. The second-order valence-electron chi connectivity index (χ2n) is 8.17. The molecule has 1 unspecified atom stereocenters. The summed E-state index contributed by atoms with van der Waals surface area (Å²) in [4.78, 5) is 27.8. The monoisotopic (exact) mass is 503 g/mol. The van der Waals surface area contributed by atoms with Crippen molar-refractivity contribution in [1.82, 2.24) is 19.9 Å². The molecule has 1 N–H and O–H groups in total. The van der Waals surface area contributed by atoms with E-state index < -0.39 is 0 Å². The van der Waals surface area contributed by atoms with Crippen LogP contribution < -0.4 is 19.5 Å². The molecule has 1 aliphatic heterocycles. The summed E-state index contributed by atoms with van der Waals surface area (Å²) in [5.74, 6) is 2.30. The zero-order chi connectivity index (χ0) is 25.1. The fraction of sp³-hybridized carbons (Fsp3) is 0.231. The highest BCUT2D eigenvalue weighted by atomic mass is 32.1. The van der Waals surface area contributed by atoms with Gasteiger partial charge in [0.1, 0.15) is 24.0 Å². The van der Waals surface area contributed by atoms with E-state index in [0.717, 1.165) is 27.9 Å². The number of hydrogen-bond acceptors (Lipinski definition) is 9. The van der Waals surface area contributed by atoms with E-state index >= 15 is 0 Å². The minimum Gasteiger partial charge on any atom is -0.495 e. The van der Waals surface area contributed by atoms with Crippen molar-refractivity contribution in [1.29, 1.82) is 0 Å². The Morgan fingerprint density at radius 1 is 1.17 bits per heavy atom. The van der Waals surface area contributed by atoms with Crippen molar-refractivity contribution < 1.29 is 19.0 Å². The lowest BCUT2D eigenvalue weighted by Gasteiger charge is -2.18. The highest BCUT2D eigenvalue weighted by Crippen LogP contribution is 2.38. The fourth-order valence-corrected chi connectivity index (χ4v) is 4.81. The first-order valence-electron chi connectivity index (χ1n) is 11.3. The number of benzene rings is 2. The van der Waals surface area contributed by atoms with E-state index in [1.54, 1.807) is 36.0 Å². The number of ether oxygens (including phenoxy) is 3. The summed E-state index contributed by atoms with van der Waals surface area (Å²) in [5, 5.41) is 4.16. The molecule has 3 heterocycles. The van der Waals surface area contributed by atoms with Crippen LogP contribution in [0.4, 0.5) is 11.5 Å². The number of anilines is 2. The third kappa shape index (κ3) is 4.67. The number of carbonyl (C=O) groups is 1. The van der Waals surface area contributed by atoms with E-state index in [4.69, 9.17) is 14.2 Å². The van der Waals surface area contributed by atoms with Crippen LogP contribution in [0.25, 0.3) is 21.3 Å². The largest absolute Gasteiger partial charge is 0.495 e. The van der Waals surface area contributed by atoms with Crippen LogP contribution in [0.15, 0.2) is 61.0 Å². The first kappa shape index (κ1) is 23.6. The summed E-state index contributed by atoms with van der Waals surface area (Å²) in [7, 11) is 3.22. The molecule has 0 radical (unpaired) electrons. The van der Waals surface area contributed by atoms with Crippen molar-refractivity contribution in [2.75, 3.05) is 32.6 Å². The van der Waals surface area contributed by atoms with E-state index in [1.165, 1.54) is 12.4 Å². The van der Waals surface area contributed by atoms with Gasteiger partial charge in [-0.3, -0.25) is 9.78 Å². The van der Waals surface area contributed by atoms with Gasteiger partial charge in [0.15, 0.2) is 11.5 Å². The van der Waals surface area contributed by atoms with E-state index in [1.807, 2.05) is 36.5 Å². The molecule has 9 nitrogen and oxygen atoms in total. The molecule has 4 aromatic rings.